The number of hydrogen-bond acceptors (Lipinski definition) is 6. The molecule has 2 heterocycles. The van der Waals surface area contributed by atoms with E-state index in [1.54, 1.807) is 0 Å². The van der Waals surface area contributed by atoms with E-state index >= 15 is 0 Å². The number of fused-ring (bicyclic) bond motifs is 3. The zero-order valence-electron chi connectivity index (χ0n) is 25.2. The van der Waals surface area contributed by atoms with E-state index in [0.717, 1.165) is 93.7 Å². The Labute approximate surface area is 246 Å². The first kappa shape index (κ1) is 28.2. The van der Waals surface area contributed by atoms with Gasteiger partial charge in [-0.05, 0) is 80.7 Å². The van der Waals surface area contributed by atoms with Crippen molar-refractivity contribution in [2.45, 2.75) is 65.9 Å². The van der Waals surface area contributed by atoms with Gasteiger partial charge < -0.3 is 14.4 Å². The van der Waals surface area contributed by atoms with Gasteiger partial charge in [0.25, 0.3) is 0 Å². The summed E-state index contributed by atoms with van der Waals surface area (Å²) in [6.45, 7) is 14.0. The molecule has 2 aliphatic carbocycles. The average molecular weight is 555 g/mol. The predicted molar refractivity (Wildman–Crippen MR) is 166 cm³/mol. The third-order valence-corrected chi connectivity index (χ3v) is 9.22. The highest BCUT2D eigenvalue weighted by atomic mass is 16.5. The number of nitrogens with zero attached hydrogens (tertiary/aromatic N) is 4. The first-order valence-electron chi connectivity index (χ1n) is 15.8. The molecule has 2 atom stereocenters. The summed E-state index contributed by atoms with van der Waals surface area (Å²) in [5.41, 5.74) is 7.40. The normalized spacial score (nSPS) is 20.9. The topological polar surface area (TPSA) is 50.7 Å². The lowest BCUT2D eigenvalue weighted by atomic mass is 9.83. The molecule has 1 unspecified atom stereocenters. The van der Waals surface area contributed by atoms with Crippen LogP contribution in [-0.2, 0) is 24.2 Å². The minimum absolute atomic E-state index is 0.582. The Hall–Kier alpha value is -2.96. The van der Waals surface area contributed by atoms with E-state index in [1.807, 2.05) is 6.92 Å². The van der Waals surface area contributed by atoms with Crippen LogP contribution in [0.5, 0.6) is 5.75 Å². The second-order valence-corrected chi connectivity index (χ2v) is 12.6. The van der Waals surface area contributed by atoms with E-state index in [1.165, 1.54) is 53.5 Å². The van der Waals surface area contributed by atoms with Gasteiger partial charge in [0.1, 0.15) is 24.0 Å². The van der Waals surface area contributed by atoms with Crippen molar-refractivity contribution < 1.29 is 9.47 Å². The van der Waals surface area contributed by atoms with Crippen molar-refractivity contribution in [2.24, 2.45) is 11.8 Å². The van der Waals surface area contributed by atoms with Crippen LogP contribution >= 0.6 is 0 Å². The van der Waals surface area contributed by atoms with Crippen LogP contribution < -0.4 is 9.64 Å². The maximum absolute atomic E-state index is 6.15. The Morgan fingerprint density at radius 1 is 0.927 bits per heavy atom. The highest BCUT2D eigenvalue weighted by Crippen LogP contribution is 2.38. The fourth-order valence-corrected chi connectivity index (χ4v) is 6.84. The molecule has 218 valence electrons. The molecule has 0 radical (unpaired) electrons. The SMILES string of the molecule is Cc1ccc(COc2ccc3c(c2)CCc2c-3nc(C)nc2N2CCN(CCOCC3CCC[C@@H](C)C3)CC2)cc1. The molecular weight excluding hydrogens is 508 g/mol. The van der Waals surface area contributed by atoms with Crippen molar-refractivity contribution in [3.05, 3.63) is 70.5 Å². The van der Waals surface area contributed by atoms with Crippen LogP contribution in [-0.4, -0.2) is 60.8 Å². The summed E-state index contributed by atoms with van der Waals surface area (Å²) >= 11 is 0. The Balaban J connectivity index is 1.05. The molecule has 3 aromatic rings. The number of ether oxygens (including phenoxy) is 2. The number of anilines is 1. The van der Waals surface area contributed by atoms with Crippen LogP contribution in [0.1, 0.15) is 60.7 Å². The molecule has 6 rings (SSSR count). The summed E-state index contributed by atoms with van der Waals surface area (Å²) in [7, 11) is 0. The highest BCUT2D eigenvalue weighted by molar-refractivity contribution is 5.75. The molecule has 0 bridgehead atoms. The lowest BCUT2D eigenvalue weighted by Crippen LogP contribution is -2.48. The Bertz CT molecular complexity index is 1320. The van der Waals surface area contributed by atoms with E-state index in [-0.39, 0.29) is 0 Å². The first-order valence-corrected chi connectivity index (χ1v) is 15.8. The molecule has 0 spiro atoms. The molecule has 6 nitrogen and oxygen atoms in total. The van der Waals surface area contributed by atoms with Gasteiger partial charge in [0.15, 0.2) is 0 Å². The van der Waals surface area contributed by atoms with Crippen LogP contribution in [0.3, 0.4) is 0 Å². The number of hydrogen-bond donors (Lipinski definition) is 0. The van der Waals surface area contributed by atoms with Gasteiger partial charge in [-0.2, -0.15) is 0 Å². The van der Waals surface area contributed by atoms with Crippen molar-refractivity contribution in [3.63, 3.8) is 0 Å². The maximum atomic E-state index is 6.15. The Morgan fingerprint density at radius 3 is 2.56 bits per heavy atom. The van der Waals surface area contributed by atoms with Crippen LogP contribution in [0.25, 0.3) is 11.3 Å². The zero-order chi connectivity index (χ0) is 28.2. The van der Waals surface area contributed by atoms with Gasteiger partial charge in [-0.1, -0.05) is 49.6 Å². The number of aryl methyl sites for hydroxylation is 3. The maximum Gasteiger partial charge on any atom is 0.136 e. The molecule has 0 N–H and O–H groups in total. The molecule has 2 aromatic carbocycles. The standard InChI is InChI=1S/C35H46N4O2/c1-25-7-9-28(10-8-25)24-41-31-12-14-32-30(22-31)11-13-33-34(32)36-27(3)37-35(33)39-17-15-38(16-18-39)19-20-40-23-29-6-4-5-26(2)21-29/h7-10,12,14,22,26,29H,4-6,11,13,15-21,23-24H2,1-3H3/t26-,29?/m1/s1. The monoisotopic (exact) mass is 554 g/mol. The molecule has 6 heteroatoms. The Morgan fingerprint density at radius 2 is 1.76 bits per heavy atom. The highest BCUT2D eigenvalue weighted by Gasteiger charge is 2.27. The Kier molecular flexibility index (Phi) is 8.87. The zero-order valence-corrected chi connectivity index (χ0v) is 25.2. The van der Waals surface area contributed by atoms with Crippen LogP contribution in [0.2, 0.25) is 0 Å². The lowest BCUT2D eigenvalue weighted by molar-refractivity contribution is 0.0591. The van der Waals surface area contributed by atoms with Gasteiger partial charge in [-0.15, -0.1) is 0 Å². The fraction of sp³-hybridized carbons (Fsp3) is 0.543. The molecule has 41 heavy (non-hydrogen) atoms. The summed E-state index contributed by atoms with van der Waals surface area (Å²) in [6.07, 6.45) is 7.41. The van der Waals surface area contributed by atoms with Crippen molar-refractivity contribution in [2.75, 3.05) is 50.8 Å². The van der Waals surface area contributed by atoms with Crippen LogP contribution in [0, 0.1) is 25.7 Å². The quantitative estimate of drug-likeness (QED) is 0.285. The summed E-state index contributed by atoms with van der Waals surface area (Å²) in [5, 5.41) is 0. The molecule has 1 aromatic heterocycles. The van der Waals surface area contributed by atoms with Gasteiger partial charge in [0.05, 0.1) is 12.3 Å². The van der Waals surface area contributed by atoms with Crippen molar-refractivity contribution in [3.8, 4) is 17.0 Å². The second-order valence-electron chi connectivity index (χ2n) is 12.6. The van der Waals surface area contributed by atoms with Gasteiger partial charge >= 0.3 is 0 Å². The molecular formula is C35H46N4O2. The minimum atomic E-state index is 0.582. The molecule has 2 fully saturated rings. The smallest absolute Gasteiger partial charge is 0.136 e. The summed E-state index contributed by atoms with van der Waals surface area (Å²) < 4.78 is 12.3. The number of rotatable bonds is 9. The van der Waals surface area contributed by atoms with E-state index in [2.05, 4.69) is 66.1 Å². The molecule has 1 saturated carbocycles. The summed E-state index contributed by atoms with van der Waals surface area (Å²) in [5.74, 6) is 4.55. The second kappa shape index (κ2) is 12.9. The molecule has 3 aliphatic rings. The van der Waals surface area contributed by atoms with E-state index < -0.39 is 0 Å². The summed E-state index contributed by atoms with van der Waals surface area (Å²) in [4.78, 5) is 15.0. The molecule has 1 aliphatic heterocycles. The van der Waals surface area contributed by atoms with E-state index in [4.69, 9.17) is 19.4 Å². The minimum Gasteiger partial charge on any atom is -0.489 e. The first-order chi connectivity index (χ1) is 20.0. The summed E-state index contributed by atoms with van der Waals surface area (Å²) in [6, 6.07) is 15.0. The van der Waals surface area contributed by atoms with E-state index in [0.29, 0.717) is 6.61 Å². The van der Waals surface area contributed by atoms with Crippen LogP contribution in [0.15, 0.2) is 42.5 Å². The van der Waals surface area contributed by atoms with Gasteiger partial charge in [0, 0.05) is 50.5 Å². The third-order valence-electron chi connectivity index (χ3n) is 9.22. The van der Waals surface area contributed by atoms with Crippen LogP contribution in [0.4, 0.5) is 5.82 Å². The van der Waals surface area contributed by atoms with Crippen molar-refractivity contribution in [1.82, 2.24) is 14.9 Å². The van der Waals surface area contributed by atoms with E-state index in [9.17, 15) is 0 Å². The number of benzene rings is 2. The average Bonchev–Trinajstić information content (AvgIpc) is 2.99. The largest absolute Gasteiger partial charge is 0.489 e. The fourth-order valence-electron chi connectivity index (χ4n) is 6.84. The predicted octanol–water partition coefficient (Wildman–Crippen LogP) is 6.40. The van der Waals surface area contributed by atoms with Gasteiger partial charge in [0.2, 0.25) is 0 Å². The lowest BCUT2D eigenvalue weighted by Gasteiger charge is -2.37. The van der Waals surface area contributed by atoms with Crippen molar-refractivity contribution >= 4 is 5.82 Å². The van der Waals surface area contributed by atoms with Gasteiger partial charge in [-0.25, -0.2) is 9.97 Å². The molecule has 0 amide bonds. The number of piperazine rings is 1. The molecule has 1 saturated heterocycles. The third kappa shape index (κ3) is 6.92. The van der Waals surface area contributed by atoms with Crippen molar-refractivity contribution in [1.29, 1.82) is 0 Å². The number of aromatic nitrogens is 2. The van der Waals surface area contributed by atoms with Gasteiger partial charge in [-0.3, -0.25) is 4.90 Å².